The molecule has 0 aliphatic carbocycles. The second-order valence-corrected chi connectivity index (χ2v) is 8.59. The third-order valence-electron chi connectivity index (χ3n) is 5.74. The number of amides is 2. The zero-order valence-corrected chi connectivity index (χ0v) is 19.8. The molecule has 6 heteroatoms. The summed E-state index contributed by atoms with van der Waals surface area (Å²) >= 11 is 0. The van der Waals surface area contributed by atoms with Gasteiger partial charge >= 0.3 is 5.97 Å². The van der Waals surface area contributed by atoms with Gasteiger partial charge in [-0.1, -0.05) is 72.8 Å². The lowest BCUT2D eigenvalue weighted by molar-refractivity contribution is -0.141. The van der Waals surface area contributed by atoms with Crippen molar-refractivity contribution in [3.05, 3.63) is 102 Å². The number of carboxylic acids is 1. The molecule has 0 bridgehead atoms. The van der Waals surface area contributed by atoms with Crippen molar-refractivity contribution in [3.63, 3.8) is 0 Å². The molecule has 0 aromatic heterocycles. The summed E-state index contributed by atoms with van der Waals surface area (Å²) < 4.78 is 0. The van der Waals surface area contributed by atoms with Crippen LogP contribution in [0.5, 0.6) is 0 Å². The van der Waals surface area contributed by atoms with Crippen LogP contribution < -0.4 is 10.6 Å². The van der Waals surface area contributed by atoms with Crippen molar-refractivity contribution >= 4 is 23.5 Å². The fourth-order valence-electron chi connectivity index (χ4n) is 3.85. The van der Waals surface area contributed by atoms with E-state index in [1.165, 1.54) is 5.56 Å². The number of anilines is 1. The highest BCUT2D eigenvalue weighted by molar-refractivity contribution is 5.90. The summed E-state index contributed by atoms with van der Waals surface area (Å²) in [5.41, 5.74) is 3.90. The zero-order valence-electron chi connectivity index (χ0n) is 19.8. The summed E-state index contributed by atoms with van der Waals surface area (Å²) in [6, 6.07) is 26.0. The standard InChI is InChI=1S/C29H32N2O4.H2/c32-27(15-7-13-22-9-3-1-4-10-22)30-25-19-17-23(18-20-25)14-8-16-28(33)31-26(29(34)35)21-24-11-5-2-6-12-24;/h1-6,9-12,17-20,26H,7-8,13-16,21H2,(H,30,32)(H,31,33)(H,34,35);1H. The van der Waals surface area contributed by atoms with Gasteiger partial charge in [0.1, 0.15) is 6.04 Å². The number of hydrogen-bond acceptors (Lipinski definition) is 3. The van der Waals surface area contributed by atoms with E-state index < -0.39 is 12.0 Å². The molecule has 0 heterocycles. The monoisotopic (exact) mass is 474 g/mol. The molecule has 3 aromatic rings. The van der Waals surface area contributed by atoms with Crippen molar-refractivity contribution in [1.29, 1.82) is 0 Å². The Morgan fingerprint density at radius 1 is 0.686 bits per heavy atom. The van der Waals surface area contributed by atoms with Crippen LogP contribution in [0.15, 0.2) is 84.9 Å². The van der Waals surface area contributed by atoms with Crippen LogP contribution in [0.3, 0.4) is 0 Å². The molecule has 0 radical (unpaired) electrons. The SMILES string of the molecule is O=C(CCCc1ccccc1)Nc1ccc(CCCC(=O)NC(Cc2ccccc2)C(=O)O)cc1.[HH]. The Morgan fingerprint density at radius 3 is 1.77 bits per heavy atom. The van der Waals surface area contributed by atoms with Crippen LogP contribution in [0, 0.1) is 0 Å². The lowest BCUT2D eigenvalue weighted by atomic mass is 10.0. The van der Waals surface area contributed by atoms with Gasteiger partial charge in [-0.25, -0.2) is 4.79 Å². The van der Waals surface area contributed by atoms with Crippen LogP contribution in [0.2, 0.25) is 0 Å². The molecule has 3 rings (SSSR count). The van der Waals surface area contributed by atoms with Gasteiger partial charge in [0, 0.05) is 26.4 Å². The minimum atomic E-state index is -1.04. The molecule has 0 aliphatic heterocycles. The molecule has 1 atom stereocenters. The molecule has 0 saturated heterocycles. The molecule has 3 N–H and O–H groups in total. The third kappa shape index (κ3) is 9.45. The minimum Gasteiger partial charge on any atom is -0.480 e. The number of carboxylic acid groups (broad SMARTS) is 1. The Balaban J connectivity index is 0.00000456. The highest BCUT2D eigenvalue weighted by Crippen LogP contribution is 2.13. The highest BCUT2D eigenvalue weighted by Gasteiger charge is 2.20. The number of rotatable bonds is 13. The van der Waals surface area contributed by atoms with Crippen molar-refractivity contribution in [3.8, 4) is 0 Å². The first-order valence-corrected chi connectivity index (χ1v) is 12.0. The molecule has 0 fully saturated rings. The summed E-state index contributed by atoms with van der Waals surface area (Å²) in [5, 5.41) is 15.0. The first kappa shape index (κ1) is 25.7. The van der Waals surface area contributed by atoms with Crippen LogP contribution in [0.4, 0.5) is 5.69 Å². The number of carbonyl (C=O) groups excluding carboxylic acids is 2. The van der Waals surface area contributed by atoms with Gasteiger partial charge in [0.05, 0.1) is 0 Å². The van der Waals surface area contributed by atoms with Gasteiger partial charge in [-0.2, -0.15) is 0 Å². The number of aryl methyl sites for hydroxylation is 2. The van der Waals surface area contributed by atoms with Crippen LogP contribution in [0.1, 0.15) is 43.8 Å². The van der Waals surface area contributed by atoms with Crippen molar-refractivity contribution < 1.29 is 20.9 Å². The van der Waals surface area contributed by atoms with E-state index >= 15 is 0 Å². The van der Waals surface area contributed by atoms with E-state index in [1.54, 1.807) is 0 Å². The van der Waals surface area contributed by atoms with E-state index in [0.29, 0.717) is 19.3 Å². The fourth-order valence-corrected chi connectivity index (χ4v) is 3.85. The van der Waals surface area contributed by atoms with Gasteiger partial charge < -0.3 is 15.7 Å². The second kappa shape index (κ2) is 13.7. The van der Waals surface area contributed by atoms with Crippen LogP contribution in [0.25, 0.3) is 0 Å². The smallest absolute Gasteiger partial charge is 0.326 e. The average Bonchev–Trinajstić information content (AvgIpc) is 2.86. The van der Waals surface area contributed by atoms with Crippen LogP contribution in [-0.4, -0.2) is 28.9 Å². The largest absolute Gasteiger partial charge is 0.480 e. The Kier molecular flexibility index (Phi) is 10.1. The molecule has 184 valence electrons. The van der Waals surface area contributed by atoms with Gasteiger partial charge in [-0.15, -0.1) is 0 Å². The molecular formula is C29H34N2O4. The maximum absolute atomic E-state index is 12.3. The quantitative estimate of drug-likeness (QED) is 0.324. The molecular weight excluding hydrogens is 440 g/mol. The van der Waals surface area contributed by atoms with E-state index in [-0.39, 0.29) is 26.1 Å². The Bertz CT molecular complexity index is 1090. The van der Waals surface area contributed by atoms with Gasteiger partial charge in [0.15, 0.2) is 0 Å². The molecule has 0 aliphatic rings. The maximum atomic E-state index is 12.3. The fraction of sp³-hybridized carbons (Fsp3) is 0.276. The molecule has 0 saturated carbocycles. The predicted octanol–water partition coefficient (Wildman–Crippen LogP) is 5.03. The number of aliphatic carboxylic acids is 1. The van der Waals surface area contributed by atoms with E-state index in [4.69, 9.17) is 0 Å². The Labute approximate surface area is 207 Å². The van der Waals surface area contributed by atoms with E-state index in [2.05, 4.69) is 22.8 Å². The lowest BCUT2D eigenvalue weighted by Crippen LogP contribution is -2.42. The Hall–Kier alpha value is -3.93. The topological polar surface area (TPSA) is 95.5 Å². The number of nitrogens with one attached hydrogen (secondary N) is 2. The van der Waals surface area contributed by atoms with Gasteiger partial charge in [0.25, 0.3) is 0 Å². The van der Waals surface area contributed by atoms with Crippen molar-refractivity contribution in [2.75, 3.05) is 5.32 Å². The van der Waals surface area contributed by atoms with Crippen LogP contribution >= 0.6 is 0 Å². The zero-order chi connectivity index (χ0) is 24.9. The number of benzene rings is 3. The van der Waals surface area contributed by atoms with Crippen molar-refractivity contribution in [2.45, 2.75) is 51.0 Å². The highest BCUT2D eigenvalue weighted by atomic mass is 16.4. The third-order valence-corrected chi connectivity index (χ3v) is 5.74. The first-order chi connectivity index (χ1) is 17.0. The molecule has 35 heavy (non-hydrogen) atoms. The summed E-state index contributed by atoms with van der Waals surface area (Å²) in [5.74, 6) is -1.32. The first-order valence-electron chi connectivity index (χ1n) is 12.0. The number of carbonyl (C=O) groups is 3. The molecule has 0 spiro atoms. The van der Waals surface area contributed by atoms with E-state index in [9.17, 15) is 19.5 Å². The van der Waals surface area contributed by atoms with Crippen molar-refractivity contribution in [1.82, 2.24) is 5.32 Å². The number of hydrogen-bond donors (Lipinski definition) is 3. The summed E-state index contributed by atoms with van der Waals surface area (Å²) in [6.07, 6.45) is 3.93. The van der Waals surface area contributed by atoms with Gasteiger partial charge in [0.2, 0.25) is 11.8 Å². The van der Waals surface area contributed by atoms with Gasteiger partial charge in [-0.3, -0.25) is 9.59 Å². The molecule has 3 aromatic carbocycles. The summed E-state index contributed by atoms with van der Waals surface area (Å²) in [4.78, 5) is 36.0. The van der Waals surface area contributed by atoms with Crippen LogP contribution in [-0.2, 0) is 33.6 Å². The van der Waals surface area contributed by atoms with E-state index in [1.807, 2.05) is 72.8 Å². The minimum absolute atomic E-state index is 0. The second-order valence-electron chi connectivity index (χ2n) is 8.59. The Morgan fingerprint density at radius 2 is 1.20 bits per heavy atom. The molecule has 1 unspecified atom stereocenters. The average molecular weight is 475 g/mol. The lowest BCUT2D eigenvalue weighted by Gasteiger charge is -2.14. The summed E-state index contributed by atoms with van der Waals surface area (Å²) in [7, 11) is 0. The predicted molar refractivity (Wildman–Crippen MR) is 139 cm³/mol. The van der Waals surface area contributed by atoms with Crippen molar-refractivity contribution in [2.24, 2.45) is 0 Å². The molecule has 2 amide bonds. The van der Waals surface area contributed by atoms with E-state index in [0.717, 1.165) is 29.7 Å². The maximum Gasteiger partial charge on any atom is 0.326 e. The normalized spacial score (nSPS) is 11.4. The molecule has 6 nitrogen and oxygen atoms in total. The summed E-state index contributed by atoms with van der Waals surface area (Å²) in [6.45, 7) is 0. The van der Waals surface area contributed by atoms with Gasteiger partial charge in [-0.05, 0) is 54.5 Å².